The second kappa shape index (κ2) is 4.97. The van der Waals surface area contributed by atoms with Gasteiger partial charge in [0.25, 0.3) is 0 Å². The number of rotatable bonds is 1. The molecule has 90 valence electrons. The minimum atomic E-state index is 0.0793. The van der Waals surface area contributed by atoms with Crippen molar-refractivity contribution >= 4 is 27.5 Å². The third-order valence-electron chi connectivity index (χ3n) is 2.43. The lowest BCUT2D eigenvalue weighted by atomic mass is 10.0. The van der Waals surface area contributed by atoms with Crippen LogP contribution in [0.1, 0.15) is 11.3 Å². The molecule has 0 aliphatic rings. The smallest absolute Gasteiger partial charge is 0.137 e. The number of nitriles is 1. The Morgan fingerprint density at radius 1 is 1.33 bits per heavy atom. The van der Waals surface area contributed by atoms with Crippen LogP contribution in [-0.4, -0.2) is 10.1 Å². The van der Waals surface area contributed by atoms with Crippen LogP contribution in [0.2, 0.25) is 5.15 Å². The maximum atomic E-state index is 10.0. The van der Waals surface area contributed by atoms with Gasteiger partial charge in [0.2, 0.25) is 0 Å². The normalized spacial score (nSPS) is 10.1. The van der Waals surface area contributed by atoms with E-state index in [1.807, 2.05) is 13.0 Å². The number of phenols is 1. The maximum Gasteiger partial charge on any atom is 0.137 e. The summed E-state index contributed by atoms with van der Waals surface area (Å²) in [5, 5.41) is 19.3. The standard InChI is InChI=1S/C13H8BrClN2O/c1-7-2-9(5-12(15)17-7)10-3-8(6-16)4-11(14)13(10)18/h2-5,18H,1H3. The zero-order valence-corrected chi connectivity index (χ0v) is 11.7. The van der Waals surface area contributed by atoms with Gasteiger partial charge in [-0.3, -0.25) is 0 Å². The molecule has 2 rings (SSSR count). The lowest BCUT2D eigenvalue weighted by Crippen LogP contribution is -1.88. The van der Waals surface area contributed by atoms with Gasteiger partial charge < -0.3 is 5.11 Å². The fourth-order valence-electron chi connectivity index (χ4n) is 1.67. The molecule has 0 aliphatic heterocycles. The van der Waals surface area contributed by atoms with Crippen molar-refractivity contribution in [3.8, 4) is 22.9 Å². The van der Waals surface area contributed by atoms with Crippen LogP contribution >= 0.6 is 27.5 Å². The van der Waals surface area contributed by atoms with Gasteiger partial charge in [-0.05, 0) is 52.7 Å². The SMILES string of the molecule is Cc1cc(-c2cc(C#N)cc(Br)c2O)cc(Cl)n1. The Bertz CT molecular complexity index is 645. The van der Waals surface area contributed by atoms with Crippen molar-refractivity contribution in [3.05, 3.63) is 45.1 Å². The van der Waals surface area contributed by atoms with Gasteiger partial charge in [0.05, 0.1) is 16.1 Å². The second-order valence-corrected chi connectivity index (χ2v) is 5.03. The first-order chi connectivity index (χ1) is 8.51. The molecule has 0 bridgehead atoms. The fourth-order valence-corrected chi connectivity index (χ4v) is 2.38. The third-order valence-corrected chi connectivity index (χ3v) is 3.22. The number of hydrogen-bond acceptors (Lipinski definition) is 3. The largest absolute Gasteiger partial charge is 0.506 e. The van der Waals surface area contributed by atoms with E-state index in [2.05, 4.69) is 20.9 Å². The van der Waals surface area contributed by atoms with E-state index < -0.39 is 0 Å². The van der Waals surface area contributed by atoms with Gasteiger partial charge in [-0.25, -0.2) is 4.98 Å². The molecule has 0 amide bonds. The molecule has 0 saturated heterocycles. The van der Waals surface area contributed by atoms with Crippen LogP contribution in [0.5, 0.6) is 5.75 Å². The molecular weight excluding hydrogens is 316 g/mol. The zero-order valence-electron chi connectivity index (χ0n) is 9.41. The molecule has 18 heavy (non-hydrogen) atoms. The fraction of sp³-hybridized carbons (Fsp3) is 0.0769. The van der Waals surface area contributed by atoms with Crippen LogP contribution in [0.4, 0.5) is 0 Å². The molecule has 3 nitrogen and oxygen atoms in total. The Kier molecular flexibility index (Phi) is 3.55. The summed E-state index contributed by atoms with van der Waals surface area (Å²) in [5.74, 6) is 0.0793. The molecule has 2 aromatic rings. The monoisotopic (exact) mass is 322 g/mol. The molecule has 0 radical (unpaired) electrons. The minimum Gasteiger partial charge on any atom is -0.506 e. The highest BCUT2D eigenvalue weighted by Gasteiger charge is 2.11. The summed E-state index contributed by atoms with van der Waals surface area (Å²) in [7, 11) is 0. The van der Waals surface area contributed by atoms with Crippen molar-refractivity contribution in [1.29, 1.82) is 5.26 Å². The summed E-state index contributed by atoms with van der Waals surface area (Å²) in [6, 6.07) is 8.68. The van der Waals surface area contributed by atoms with Crippen molar-refractivity contribution in [2.45, 2.75) is 6.92 Å². The lowest BCUT2D eigenvalue weighted by molar-refractivity contribution is 0.474. The second-order valence-electron chi connectivity index (χ2n) is 3.79. The quantitative estimate of drug-likeness (QED) is 0.805. The summed E-state index contributed by atoms with van der Waals surface area (Å²) in [6.45, 7) is 1.82. The van der Waals surface area contributed by atoms with Gasteiger partial charge in [-0.15, -0.1) is 0 Å². The molecule has 1 aromatic carbocycles. The van der Waals surface area contributed by atoms with Crippen molar-refractivity contribution in [2.75, 3.05) is 0 Å². The van der Waals surface area contributed by atoms with Crippen LogP contribution in [0.25, 0.3) is 11.1 Å². The first-order valence-electron chi connectivity index (χ1n) is 5.08. The Balaban J connectivity index is 2.70. The van der Waals surface area contributed by atoms with Crippen molar-refractivity contribution in [1.82, 2.24) is 4.98 Å². The highest BCUT2D eigenvalue weighted by Crippen LogP contribution is 2.37. The predicted octanol–water partition coefficient (Wildman–Crippen LogP) is 4.05. The summed E-state index contributed by atoms with van der Waals surface area (Å²) in [5.41, 5.74) is 2.48. The van der Waals surface area contributed by atoms with Gasteiger partial charge >= 0.3 is 0 Å². The van der Waals surface area contributed by atoms with Crippen LogP contribution in [0, 0.1) is 18.3 Å². The molecule has 0 atom stereocenters. The van der Waals surface area contributed by atoms with Crippen LogP contribution in [-0.2, 0) is 0 Å². The van der Waals surface area contributed by atoms with Crippen LogP contribution in [0.3, 0.4) is 0 Å². The number of aromatic nitrogens is 1. The first kappa shape index (κ1) is 12.9. The van der Waals surface area contributed by atoms with E-state index in [9.17, 15) is 5.11 Å². The van der Waals surface area contributed by atoms with E-state index in [1.165, 1.54) is 0 Å². The number of aryl methyl sites for hydroxylation is 1. The molecule has 1 N–H and O–H groups in total. The highest BCUT2D eigenvalue weighted by molar-refractivity contribution is 9.10. The molecular formula is C13H8BrClN2O. The average molecular weight is 324 g/mol. The molecule has 0 unspecified atom stereocenters. The van der Waals surface area contributed by atoms with Crippen molar-refractivity contribution in [2.24, 2.45) is 0 Å². The number of hydrogen-bond donors (Lipinski definition) is 1. The maximum absolute atomic E-state index is 10.0. The molecule has 0 fully saturated rings. The molecule has 0 saturated carbocycles. The number of halogens is 2. The topological polar surface area (TPSA) is 56.9 Å². The number of phenolic OH excluding ortho intramolecular Hbond substituents is 1. The summed E-state index contributed by atoms with van der Waals surface area (Å²) in [4.78, 5) is 4.06. The van der Waals surface area contributed by atoms with E-state index in [0.717, 1.165) is 11.3 Å². The Morgan fingerprint density at radius 3 is 2.67 bits per heavy atom. The van der Waals surface area contributed by atoms with E-state index in [-0.39, 0.29) is 5.75 Å². The molecule has 1 aromatic heterocycles. The van der Waals surface area contributed by atoms with Crippen LogP contribution in [0.15, 0.2) is 28.7 Å². The number of pyridine rings is 1. The zero-order chi connectivity index (χ0) is 13.3. The Hall–Kier alpha value is -1.57. The molecule has 5 heteroatoms. The first-order valence-corrected chi connectivity index (χ1v) is 6.25. The summed E-state index contributed by atoms with van der Waals surface area (Å²) >= 11 is 9.12. The summed E-state index contributed by atoms with van der Waals surface area (Å²) < 4.78 is 0.474. The minimum absolute atomic E-state index is 0.0793. The predicted molar refractivity (Wildman–Crippen MR) is 73.5 cm³/mol. The highest BCUT2D eigenvalue weighted by atomic mass is 79.9. The number of nitrogens with zero attached hydrogens (tertiary/aromatic N) is 2. The van der Waals surface area contributed by atoms with E-state index in [1.54, 1.807) is 24.3 Å². The van der Waals surface area contributed by atoms with E-state index in [0.29, 0.717) is 20.8 Å². The average Bonchev–Trinajstić information content (AvgIpc) is 2.31. The van der Waals surface area contributed by atoms with E-state index >= 15 is 0 Å². The van der Waals surface area contributed by atoms with Gasteiger partial charge in [-0.2, -0.15) is 5.26 Å². The Morgan fingerprint density at radius 2 is 2.06 bits per heavy atom. The number of benzene rings is 1. The van der Waals surface area contributed by atoms with Crippen LogP contribution < -0.4 is 0 Å². The summed E-state index contributed by atoms with van der Waals surface area (Å²) in [6.07, 6.45) is 0. The van der Waals surface area contributed by atoms with Gasteiger partial charge in [-0.1, -0.05) is 11.6 Å². The van der Waals surface area contributed by atoms with Gasteiger partial charge in [0, 0.05) is 11.3 Å². The Labute approximate surface area is 118 Å². The number of aromatic hydroxyl groups is 1. The van der Waals surface area contributed by atoms with Crippen molar-refractivity contribution in [3.63, 3.8) is 0 Å². The van der Waals surface area contributed by atoms with Gasteiger partial charge in [0.15, 0.2) is 0 Å². The van der Waals surface area contributed by atoms with Crippen molar-refractivity contribution < 1.29 is 5.11 Å². The van der Waals surface area contributed by atoms with Gasteiger partial charge in [0.1, 0.15) is 10.9 Å². The lowest BCUT2D eigenvalue weighted by Gasteiger charge is -2.08. The third kappa shape index (κ3) is 2.47. The van der Waals surface area contributed by atoms with E-state index in [4.69, 9.17) is 16.9 Å². The molecule has 0 spiro atoms. The molecule has 1 heterocycles. The molecule has 0 aliphatic carbocycles.